The molecule has 2 fully saturated rings. The lowest BCUT2D eigenvalue weighted by Crippen LogP contribution is -2.33. The first-order valence-electron chi connectivity index (χ1n) is 3.26. The van der Waals surface area contributed by atoms with Gasteiger partial charge >= 0.3 is 5.97 Å². The van der Waals surface area contributed by atoms with Crippen molar-refractivity contribution in [3.05, 3.63) is 0 Å². The van der Waals surface area contributed by atoms with Crippen LogP contribution in [0.25, 0.3) is 0 Å². The van der Waals surface area contributed by atoms with Crippen molar-refractivity contribution in [1.29, 1.82) is 0 Å². The minimum absolute atomic E-state index is 0.242. The van der Waals surface area contributed by atoms with Gasteiger partial charge in [-0.25, -0.2) is 0 Å². The molecule has 1 aliphatic carbocycles. The van der Waals surface area contributed by atoms with Gasteiger partial charge in [0.05, 0.1) is 0 Å². The molecule has 1 saturated carbocycles. The van der Waals surface area contributed by atoms with Crippen LogP contribution < -0.4 is 5.32 Å². The fourth-order valence-corrected chi connectivity index (χ4v) is 1.51. The maximum atomic E-state index is 10.3. The summed E-state index contributed by atoms with van der Waals surface area (Å²) in [7, 11) is 0. The predicted octanol–water partition coefficient (Wildman–Crippen LogP) is -0.179. The highest BCUT2D eigenvalue weighted by Crippen LogP contribution is 2.40. The molecule has 0 spiro atoms. The molecule has 1 saturated heterocycles. The van der Waals surface area contributed by atoms with Crippen molar-refractivity contribution < 1.29 is 9.90 Å². The average Bonchev–Trinajstić information content (AvgIpc) is 2.40. The van der Waals surface area contributed by atoms with Gasteiger partial charge in [0.15, 0.2) is 0 Å². The Kier molecular flexibility index (Phi) is 0.858. The number of hydrogen-bond donors (Lipinski definition) is 2. The number of nitrogens with one attached hydrogen (secondary N) is 1. The third-order valence-electron chi connectivity index (χ3n) is 2.17. The highest BCUT2D eigenvalue weighted by molar-refractivity contribution is 5.74. The number of carboxylic acids is 1. The molecule has 9 heavy (non-hydrogen) atoms. The molecule has 0 aromatic carbocycles. The largest absolute Gasteiger partial charge is 0.480 e. The van der Waals surface area contributed by atoms with E-state index in [1.54, 1.807) is 0 Å². The van der Waals surface area contributed by atoms with Crippen LogP contribution in [-0.4, -0.2) is 23.2 Å². The van der Waals surface area contributed by atoms with Gasteiger partial charge in [0, 0.05) is 6.04 Å². The van der Waals surface area contributed by atoms with Crippen LogP contribution in [0.3, 0.4) is 0 Å². The molecule has 2 N–H and O–H groups in total. The normalized spacial score (nSPS) is 46.4. The Morgan fingerprint density at radius 3 is 2.67 bits per heavy atom. The van der Waals surface area contributed by atoms with Crippen molar-refractivity contribution in [1.82, 2.24) is 5.32 Å². The zero-order chi connectivity index (χ0) is 6.43. The Labute approximate surface area is 53.1 Å². The number of piperidine rings is 1. The van der Waals surface area contributed by atoms with E-state index in [0.29, 0.717) is 12.0 Å². The van der Waals surface area contributed by atoms with Gasteiger partial charge in [-0.1, -0.05) is 0 Å². The van der Waals surface area contributed by atoms with Crippen molar-refractivity contribution in [2.24, 2.45) is 5.92 Å². The molecule has 1 heterocycles. The zero-order valence-corrected chi connectivity index (χ0v) is 5.00. The fraction of sp³-hybridized carbons (Fsp3) is 0.833. The number of rotatable bonds is 1. The molecule has 50 valence electrons. The molecule has 0 bridgehead atoms. The lowest BCUT2D eigenvalue weighted by molar-refractivity contribution is -0.139. The molecule has 3 nitrogen and oxygen atoms in total. The van der Waals surface area contributed by atoms with E-state index in [1.165, 1.54) is 6.42 Å². The van der Waals surface area contributed by atoms with Gasteiger partial charge in [-0.05, 0) is 18.8 Å². The molecular weight excluding hydrogens is 118 g/mol. The topological polar surface area (TPSA) is 49.3 Å². The summed E-state index contributed by atoms with van der Waals surface area (Å²) in [5, 5.41) is 11.5. The number of carbonyl (C=O) groups is 1. The van der Waals surface area contributed by atoms with E-state index in [0.717, 1.165) is 6.42 Å². The Bertz CT molecular complexity index is 147. The average molecular weight is 127 g/mol. The Morgan fingerprint density at radius 1 is 1.56 bits per heavy atom. The van der Waals surface area contributed by atoms with E-state index >= 15 is 0 Å². The molecule has 1 aliphatic heterocycles. The van der Waals surface area contributed by atoms with E-state index in [1.807, 2.05) is 0 Å². The Morgan fingerprint density at radius 2 is 2.33 bits per heavy atom. The quantitative estimate of drug-likeness (QED) is 0.513. The first-order chi connectivity index (χ1) is 4.27. The van der Waals surface area contributed by atoms with Gasteiger partial charge in [0.1, 0.15) is 6.04 Å². The number of carboxylic acid groups (broad SMARTS) is 1. The summed E-state index contributed by atoms with van der Waals surface area (Å²) >= 11 is 0. The number of fused-ring (bicyclic) bond motifs is 1. The van der Waals surface area contributed by atoms with E-state index in [9.17, 15) is 4.79 Å². The lowest BCUT2D eigenvalue weighted by atomic mass is 10.2. The van der Waals surface area contributed by atoms with Gasteiger partial charge in [-0.3, -0.25) is 4.79 Å². The minimum Gasteiger partial charge on any atom is -0.480 e. The van der Waals surface area contributed by atoms with Gasteiger partial charge < -0.3 is 10.4 Å². The van der Waals surface area contributed by atoms with Gasteiger partial charge in [-0.15, -0.1) is 0 Å². The smallest absolute Gasteiger partial charge is 0.320 e. The second-order valence-electron chi connectivity index (χ2n) is 2.90. The molecule has 0 aromatic heterocycles. The third kappa shape index (κ3) is 0.721. The maximum absolute atomic E-state index is 10.3. The van der Waals surface area contributed by atoms with Crippen molar-refractivity contribution >= 4 is 5.97 Å². The van der Waals surface area contributed by atoms with Crippen LogP contribution in [0, 0.1) is 5.92 Å². The van der Waals surface area contributed by atoms with Crippen LogP contribution in [0.1, 0.15) is 12.8 Å². The molecule has 0 aromatic rings. The zero-order valence-electron chi connectivity index (χ0n) is 5.00. The second-order valence-corrected chi connectivity index (χ2v) is 2.90. The summed E-state index contributed by atoms with van der Waals surface area (Å²) in [5.74, 6) is -0.00620. The highest BCUT2D eigenvalue weighted by Gasteiger charge is 2.47. The van der Waals surface area contributed by atoms with Crippen LogP contribution in [0.2, 0.25) is 0 Å². The van der Waals surface area contributed by atoms with Crippen molar-refractivity contribution in [2.75, 3.05) is 0 Å². The summed E-state index contributed by atoms with van der Waals surface area (Å²) in [5.41, 5.74) is 0. The lowest BCUT2D eigenvalue weighted by Gasteiger charge is -2.04. The van der Waals surface area contributed by atoms with Crippen LogP contribution >= 0.6 is 0 Å². The van der Waals surface area contributed by atoms with E-state index in [2.05, 4.69) is 5.32 Å². The minimum atomic E-state index is -0.692. The maximum Gasteiger partial charge on any atom is 0.320 e. The van der Waals surface area contributed by atoms with Crippen molar-refractivity contribution in [3.63, 3.8) is 0 Å². The molecule has 2 rings (SSSR count). The molecule has 0 amide bonds. The SMILES string of the molecule is O=C(O)C1C[C@H]2C[C@H]2N1. The highest BCUT2D eigenvalue weighted by atomic mass is 16.4. The van der Waals surface area contributed by atoms with Gasteiger partial charge in [-0.2, -0.15) is 0 Å². The predicted molar refractivity (Wildman–Crippen MR) is 31.1 cm³/mol. The molecule has 1 unspecified atom stereocenters. The van der Waals surface area contributed by atoms with Crippen LogP contribution in [0.5, 0.6) is 0 Å². The summed E-state index contributed by atoms with van der Waals surface area (Å²) in [6.07, 6.45) is 2.05. The molecule has 3 heteroatoms. The van der Waals surface area contributed by atoms with Crippen molar-refractivity contribution in [2.45, 2.75) is 24.9 Å². The standard InChI is InChI=1S/C6H9NO2/c8-6(9)5-2-3-1-4(3)7-5/h3-5,7H,1-2H2,(H,8,9)/t3-,4-,5?/m1/s1. The molecule has 2 aliphatic rings. The molecular formula is C6H9NO2. The fourth-order valence-electron chi connectivity index (χ4n) is 1.51. The Balaban J connectivity index is 1.97. The summed E-state index contributed by atoms with van der Waals surface area (Å²) in [6, 6.07) is 0.305. The van der Waals surface area contributed by atoms with Crippen molar-refractivity contribution in [3.8, 4) is 0 Å². The first kappa shape index (κ1) is 5.23. The van der Waals surface area contributed by atoms with Crippen LogP contribution in [-0.2, 0) is 4.79 Å². The third-order valence-corrected chi connectivity index (χ3v) is 2.17. The van der Waals surface area contributed by atoms with Crippen LogP contribution in [0.4, 0.5) is 0 Å². The Hall–Kier alpha value is -0.570. The van der Waals surface area contributed by atoms with E-state index in [-0.39, 0.29) is 6.04 Å². The summed E-state index contributed by atoms with van der Waals surface area (Å²) in [6.45, 7) is 0. The van der Waals surface area contributed by atoms with E-state index in [4.69, 9.17) is 5.11 Å². The molecule has 3 atom stereocenters. The summed E-state index contributed by atoms with van der Waals surface area (Å²) in [4.78, 5) is 10.3. The number of hydrogen-bond acceptors (Lipinski definition) is 2. The monoisotopic (exact) mass is 127 g/mol. The van der Waals surface area contributed by atoms with Gasteiger partial charge in [0.25, 0.3) is 0 Å². The second kappa shape index (κ2) is 1.48. The van der Waals surface area contributed by atoms with E-state index < -0.39 is 5.97 Å². The van der Waals surface area contributed by atoms with Crippen LogP contribution in [0.15, 0.2) is 0 Å². The number of aliphatic carboxylic acids is 1. The first-order valence-corrected chi connectivity index (χ1v) is 3.26. The van der Waals surface area contributed by atoms with Gasteiger partial charge in [0.2, 0.25) is 0 Å². The summed E-state index contributed by atoms with van der Waals surface area (Å²) < 4.78 is 0. The molecule has 0 radical (unpaired) electrons.